The Morgan fingerprint density at radius 3 is 2.44 bits per heavy atom. The third-order valence-electron chi connectivity index (χ3n) is 1.91. The number of aliphatic hydroxyl groups is 1. The molecule has 16 heavy (non-hydrogen) atoms. The van der Waals surface area contributed by atoms with Crippen LogP contribution in [0.5, 0.6) is 11.5 Å². The van der Waals surface area contributed by atoms with E-state index in [0.29, 0.717) is 6.07 Å². The highest BCUT2D eigenvalue weighted by Crippen LogP contribution is 2.33. The SMILES string of the molecule is COc1cc(O)c(F)c(C(O)C(=O)O)c1F. The van der Waals surface area contributed by atoms with E-state index in [0.717, 1.165) is 7.11 Å². The van der Waals surface area contributed by atoms with Crippen molar-refractivity contribution >= 4 is 5.97 Å². The number of aliphatic hydroxyl groups excluding tert-OH is 1. The van der Waals surface area contributed by atoms with Crippen molar-refractivity contribution in [2.75, 3.05) is 7.11 Å². The van der Waals surface area contributed by atoms with E-state index in [1.165, 1.54) is 0 Å². The first-order valence-electron chi connectivity index (χ1n) is 4.05. The molecule has 0 amide bonds. The second-order valence-electron chi connectivity index (χ2n) is 2.88. The van der Waals surface area contributed by atoms with E-state index >= 15 is 0 Å². The van der Waals surface area contributed by atoms with Gasteiger partial charge in [-0.05, 0) is 0 Å². The molecule has 1 rings (SSSR count). The van der Waals surface area contributed by atoms with Crippen LogP contribution in [0.4, 0.5) is 8.78 Å². The summed E-state index contributed by atoms with van der Waals surface area (Å²) in [5.41, 5.74) is -1.16. The summed E-state index contributed by atoms with van der Waals surface area (Å²) in [5.74, 6) is -6.31. The van der Waals surface area contributed by atoms with Gasteiger partial charge in [0.25, 0.3) is 0 Å². The molecule has 0 radical (unpaired) electrons. The van der Waals surface area contributed by atoms with Gasteiger partial charge < -0.3 is 20.1 Å². The van der Waals surface area contributed by atoms with Gasteiger partial charge in [-0.25, -0.2) is 13.6 Å². The number of ether oxygens (including phenoxy) is 1. The maximum atomic E-state index is 13.4. The summed E-state index contributed by atoms with van der Waals surface area (Å²) in [5, 5.41) is 26.5. The average molecular weight is 234 g/mol. The number of carbonyl (C=O) groups is 1. The minimum Gasteiger partial charge on any atom is -0.505 e. The Kier molecular flexibility index (Phi) is 3.28. The van der Waals surface area contributed by atoms with E-state index < -0.39 is 40.8 Å². The number of rotatable bonds is 3. The molecule has 1 aromatic carbocycles. The standard InChI is InChI=1S/C9H8F2O5/c1-16-4-2-3(12)6(10)5(7(4)11)8(13)9(14)15/h2,8,12-13H,1H3,(H,14,15). The molecule has 1 aromatic rings. The highest BCUT2D eigenvalue weighted by Gasteiger charge is 2.29. The number of aromatic hydroxyl groups is 1. The fourth-order valence-electron chi connectivity index (χ4n) is 1.13. The largest absolute Gasteiger partial charge is 0.505 e. The van der Waals surface area contributed by atoms with Crippen LogP contribution in [0.3, 0.4) is 0 Å². The van der Waals surface area contributed by atoms with Crippen LogP contribution in [0.1, 0.15) is 11.7 Å². The number of hydrogen-bond acceptors (Lipinski definition) is 4. The zero-order chi connectivity index (χ0) is 12.5. The maximum Gasteiger partial charge on any atom is 0.337 e. The Labute approximate surface area is 88.5 Å². The monoisotopic (exact) mass is 234 g/mol. The molecule has 7 heteroatoms. The fourth-order valence-corrected chi connectivity index (χ4v) is 1.13. The van der Waals surface area contributed by atoms with E-state index in [-0.39, 0.29) is 0 Å². The number of phenols is 1. The molecule has 0 saturated heterocycles. The van der Waals surface area contributed by atoms with E-state index in [1.54, 1.807) is 0 Å². The van der Waals surface area contributed by atoms with Crippen LogP contribution in [0.2, 0.25) is 0 Å². The van der Waals surface area contributed by atoms with Crippen LogP contribution < -0.4 is 4.74 Å². The summed E-state index contributed by atoms with van der Waals surface area (Å²) < 4.78 is 31.1. The summed E-state index contributed by atoms with van der Waals surface area (Å²) in [6.45, 7) is 0. The van der Waals surface area contributed by atoms with E-state index in [4.69, 9.17) is 15.3 Å². The van der Waals surface area contributed by atoms with Crippen molar-refractivity contribution in [2.45, 2.75) is 6.10 Å². The lowest BCUT2D eigenvalue weighted by Crippen LogP contribution is -2.15. The number of phenolic OH excluding ortho intramolecular Hbond substituents is 1. The molecule has 0 spiro atoms. The Bertz CT molecular complexity index is 432. The van der Waals surface area contributed by atoms with Gasteiger partial charge in [-0.1, -0.05) is 0 Å². The van der Waals surface area contributed by atoms with Crippen LogP contribution in [-0.2, 0) is 4.79 Å². The first-order chi connectivity index (χ1) is 7.40. The van der Waals surface area contributed by atoms with Gasteiger partial charge in [-0.3, -0.25) is 0 Å². The summed E-state index contributed by atoms with van der Waals surface area (Å²) in [6, 6.07) is 0.642. The topological polar surface area (TPSA) is 87.0 Å². The van der Waals surface area contributed by atoms with E-state index in [2.05, 4.69) is 4.74 Å². The van der Waals surface area contributed by atoms with Crippen molar-refractivity contribution in [1.82, 2.24) is 0 Å². The molecule has 1 atom stereocenters. The van der Waals surface area contributed by atoms with Crippen LogP contribution in [0.15, 0.2) is 6.07 Å². The molecule has 1 unspecified atom stereocenters. The van der Waals surface area contributed by atoms with Gasteiger partial charge in [0.15, 0.2) is 29.2 Å². The molecule has 0 fully saturated rings. The highest BCUT2D eigenvalue weighted by molar-refractivity contribution is 5.74. The zero-order valence-electron chi connectivity index (χ0n) is 8.07. The third-order valence-corrected chi connectivity index (χ3v) is 1.91. The second kappa shape index (κ2) is 4.31. The number of carboxylic acids is 1. The Morgan fingerprint density at radius 2 is 2.00 bits per heavy atom. The highest BCUT2D eigenvalue weighted by atomic mass is 19.1. The lowest BCUT2D eigenvalue weighted by Gasteiger charge is -2.12. The molecule has 0 aromatic heterocycles. The maximum absolute atomic E-state index is 13.4. The van der Waals surface area contributed by atoms with Crippen molar-refractivity contribution in [3.05, 3.63) is 23.3 Å². The van der Waals surface area contributed by atoms with Crippen molar-refractivity contribution in [2.24, 2.45) is 0 Å². The molecular weight excluding hydrogens is 226 g/mol. The van der Waals surface area contributed by atoms with Gasteiger partial charge >= 0.3 is 5.97 Å². The molecule has 0 aliphatic rings. The van der Waals surface area contributed by atoms with Gasteiger partial charge in [0.1, 0.15) is 0 Å². The lowest BCUT2D eigenvalue weighted by atomic mass is 10.1. The van der Waals surface area contributed by atoms with Crippen LogP contribution in [0, 0.1) is 11.6 Å². The van der Waals surface area contributed by atoms with Crippen LogP contribution in [0.25, 0.3) is 0 Å². The van der Waals surface area contributed by atoms with Crippen molar-refractivity contribution in [3.8, 4) is 11.5 Å². The minimum atomic E-state index is -2.42. The predicted molar refractivity (Wildman–Crippen MR) is 47.2 cm³/mol. The van der Waals surface area contributed by atoms with Gasteiger partial charge in [-0.2, -0.15) is 0 Å². The van der Waals surface area contributed by atoms with Gasteiger partial charge in [0, 0.05) is 6.07 Å². The zero-order valence-corrected chi connectivity index (χ0v) is 8.07. The van der Waals surface area contributed by atoms with Crippen LogP contribution >= 0.6 is 0 Å². The lowest BCUT2D eigenvalue weighted by molar-refractivity contribution is -0.147. The summed E-state index contributed by atoms with van der Waals surface area (Å²) in [4.78, 5) is 10.4. The molecule has 0 aliphatic carbocycles. The summed E-state index contributed by atoms with van der Waals surface area (Å²) in [6.07, 6.45) is -2.42. The van der Waals surface area contributed by atoms with Crippen LogP contribution in [-0.4, -0.2) is 28.4 Å². The molecule has 88 valence electrons. The number of hydrogen-bond donors (Lipinski definition) is 3. The molecule has 0 aliphatic heterocycles. The molecule has 0 heterocycles. The molecule has 5 nitrogen and oxygen atoms in total. The summed E-state index contributed by atoms with van der Waals surface area (Å²) in [7, 11) is 1.05. The Hall–Kier alpha value is -1.89. The first-order valence-corrected chi connectivity index (χ1v) is 4.05. The number of halogens is 2. The number of aliphatic carboxylic acids is 1. The van der Waals surface area contributed by atoms with Gasteiger partial charge in [0.2, 0.25) is 0 Å². The molecular formula is C9H8F2O5. The molecule has 0 bridgehead atoms. The number of methoxy groups -OCH3 is 1. The predicted octanol–water partition coefficient (Wildman–Crippen LogP) is 0.797. The normalized spacial score (nSPS) is 12.2. The van der Waals surface area contributed by atoms with Gasteiger partial charge in [0.05, 0.1) is 12.7 Å². The second-order valence-corrected chi connectivity index (χ2v) is 2.88. The van der Waals surface area contributed by atoms with Crippen molar-refractivity contribution in [3.63, 3.8) is 0 Å². The minimum absolute atomic E-state index is 0.561. The quantitative estimate of drug-likeness (QED) is 0.719. The first kappa shape index (κ1) is 12.2. The smallest absolute Gasteiger partial charge is 0.337 e. The fraction of sp³-hybridized carbons (Fsp3) is 0.222. The van der Waals surface area contributed by atoms with Crippen molar-refractivity contribution in [1.29, 1.82) is 0 Å². The Balaban J connectivity index is 3.47. The average Bonchev–Trinajstić information content (AvgIpc) is 2.23. The van der Waals surface area contributed by atoms with Gasteiger partial charge in [-0.15, -0.1) is 0 Å². The molecule has 3 N–H and O–H groups in total. The van der Waals surface area contributed by atoms with E-state index in [1.807, 2.05) is 0 Å². The van der Waals surface area contributed by atoms with E-state index in [9.17, 15) is 13.6 Å². The number of carboxylic acid groups (broad SMARTS) is 1. The van der Waals surface area contributed by atoms with Crippen molar-refractivity contribution < 1.29 is 33.6 Å². The Morgan fingerprint density at radius 1 is 1.44 bits per heavy atom. The molecule has 0 saturated carbocycles. The summed E-state index contributed by atoms with van der Waals surface area (Å²) >= 11 is 0. The third kappa shape index (κ3) is 1.89. The number of benzene rings is 1.